The van der Waals surface area contributed by atoms with Crippen LogP contribution in [0.15, 0.2) is 58.8 Å². The molecule has 2 aromatic heterocycles. The SMILES string of the molecule is CSC(=O)[C@@]1(Oc2ccco2)CC[C@H]2[C@@H]3CCC4=Cc5c(cnn5-c5ccc(F)cc5)C[C@]4(C)[C@H]3[C@@H](O)C[C@@]21C. The van der Waals surface area contributed by atoms with Crippen molar-refractivity contribution in [3.8, 4) is 11.6 Å². The Morgan fingerprint density at radius 1 is 1.23 bits per heavy atom. The second-order valence-corrected chi connectivity index (χ2v) is 13.4. The molecule has 0 unspecified atom stereocenters. The van der Waals surface area contributed by atoms with E-state index in [4.69, 9.17) is 9.15 Å². The van der Waals surface area contributed by atoms with E-state index < -0.39 is 17.1 Å². The number of allylic oxidation sites excluding steroid dienone is 1. The first-order valence-corrected chi connectivity index (χ1v) is 15.5. The lowest BCUT2D eigenvalue weighted by molar-refractivity contribution is -0.169. The third-order valence-electron chi connectivity index (χ3n) is 10.9. The molecule has 0 aliphatic heterocycles. The van der Waals surface area contributed by atoms with Gasteiger partial charge in [0.2, 0.25) is 5.12 Å². The van der Waals surface area contributed by atoms with Gasteiger partial charge in [0, 0.05) is 11.5 Å². The number of hydrogen-bond donors (Lipinski definition) is 1. The number of benzene rings is 1. The smallest absolute Gasteiger partial charge is 0.285 e. The molecule has 0 radical (unpaired) electrons. The molecule has 210 valence electrons. The zero-order valence-corrected chi connectivity index (χ0v) is 23.9. The van der Waals surface area contributed by atoms with E-state index in [0.717, 1.165) is 42.6 Å². The molecule has 3 aromatic rings. The Labute approximate surface area is 238 Å². The number of hydrogen-bond acceptors (Lipinski definition) is 6. The Kier molecular flexibility index (Phi) is 5.92. The lowest BCUT2D eigenvalue weighted by Gasteiger charge is -2.60. The van der Waals surface area contributed by atoms with E-state index in [0.29, 0.717) is 18.8 Å². The highest BCUT2D eigenvalue weighted by atomic mass is 32.2. The number of carbonyl (C=O) groups is 1. The molecule has 40 heavy (non-hydrogen) atoms. The largest absolute Gasteiger partial charge is 0.449 e. The van der Waals surface area contributed by atoms with Gasteiger partial charge in [0.15, 0.2) is 5.60 Å². The van der Waals surface area contributed by atoms with E-state index in [2.05, 4.69) is 25.0 Å². The van der Waals surface area contributed by atoms with Crippen molar-refractivity contribution in [1.82, 2.24) is 9.78 Å². The number of fused-ring (bicyclic) bond motifs is 6. The molecule has 1 aromatic carbocycles. The molecule has 7 rings (SSSR count). The number of carbonyl (C=O) groups excluding carboxylic acids is 1. The number of rotatable bonds is 4. The van der Waals surface area contributed by atoms with Gasteiger partial charge >= 0.3 is 0 Å². The van der Waals surface area contributed by atoms with Gasteiger partial charge in [-0.25, -0.2) is 9.07 Å². The Morgan fingerprint density at radius 3 is 2.75 bits per heavy atom. The van der Waals surface area contributed by atoms with E-state index in [1.165, 1.54) is 29.5 Å². The fourth-order valence-electron chi connectivity index (χ4n) is 9.16. The standard InChI is InChI=1S/C32H35FN2O4S/c1-30-16-19-18-34-35(22-9-7-21(33)8-10-22)25(19)15-20(30)6-11-23-24-12-13-32(29(37)40-3,39-27-5-4-14-38-27)31(24,2)17-26(36)28(23)30/h4-5,7-10,14-15,18,23-24,26,28,36H,6,11-13,16-17H2,1-3H3/t23-,24-,26-,28+,30-,31-,32-/m0/s1. The lowest BCUT2D eigenvalue weighted by atomic mass is 9.45. The summed E-state index contributed by atoms with van der Waals surface area (Å²) in [5, 5.41) is 16.7. The summed E-state index contributed by atoms with van der Waals surface area (Å²) in [6, 6.07) is 9.97. The molecule has 0 saturated heterocycles. The van der Waals surface area contributed by atoms with Crippen molar-refractivity contribution in [3.05, 3.63) is 71.5 Å². The molecule has 0 spiro atoms. The van der Waals surface area contributed by atoms with E-state index >= 15 is 0 Å². The maximum atomic E-state index is 13.6. The zero-order valence-electron chi connectivity index (χ0n) is 23.1. The number of ether oxygens (including phenoxy) is 1. The number of halogens is 1. The molecule has 3 fully saturated rings. The lowest BCUT2D eigenvalue weighted by Crippen LogP contribution is -2.63. The predicted molar refractivity (Wildman–Crippen MR) is 152 cm³/mol. The van der Waals surface area contributed by atoms with Crippen LogP contribution in [0.25, 0.3) is 11.8 Å². The molecule has 3 saturated carbocycles. The third-order valence-corrected chi connectivity index (χ3v) is 11.6. The van der Waals surface area contributed by atoms with Gasteiger partial charge in [-0.05, 0) is 110 Å². The molecule has 1 N–H and O–H groups in total. The van der Waals surface area contributed by atoms with Crippen LogP contribution in [-0.2, 0) is 11.2 Å². The summed E-state index contributed by atoms with van der Waals surface area (Å²) < 4.78 is 27.5. The third kappa shape index (κ3) is 3.51. The van der Waals surface area contributed by atoms with E-state index in [1.54, 1.807) is 30.5 Å². The van der Waals surface area contributed by atoms with Gasteiger partial charge in [-0.15, -0.1) is 0 Å². The summed E-state index contributed by atoms with van der Waals surface area (Å²) >= 11 is 1.21. The average molecular weight is 563 g/mol. The Balaban J connectivity index is 1.24. The molecule has 7 atom stereocenters. The Morgan fingerprint density at radius 2 is 2.02 bits per heavy atom. The van der Waals surface area contributed by atoms with Crippen molar-refractivity contribution >= 4 is 23.0 Å². The normalized spacial score (nSPS) is 36.2. The summed E-state index contributed by atoms with van der Waals surface area (Å²) in [6.45, 7) is 4.48. The molecule has 6 nitrogen and oxygen atoms in total. The number of thioether (sulfide) groups is 1. The van der Waals surface area contributed by atoms with Crippen LogP contribution in [0.5, 0.6) is 5.95 Å². The van der Waals surface area contributed by atoms with Gasteiger partial charge in [0.05, 0.1) is 29.9 Å². The van der Waals surface area contributed by atoms with Crippen LogP contribution < -0.4 is 4.74 Å². The first-order valence-electron chi connectivity index (χ1n) is 14.2. The molecule has 0 amide bonds. The second-order valence-electron chi connectivity index (χ2n) is 12.6. The van der Waals surface area contributed by atoms with Crippen molar-refractivity contribution in [2.45, 2.75) is 64.1 Å². The fourth-order valence-corrected chi connectivity index (χ4v) is 9.87. The molecular formula is C32H35FN2O4S. The van der Waals surface area contributed by atoms with Crippen LogP contribution in [0.1, 0.15) is 57.2 Å². The van der Waals surface area contributed by atoms with Gasteiger partial charge in [0.25, 0.3) is 5.95 Å². The number of furan rings is 1. The first-order chi connectivity index (χ1) is 19.2. The minimum absolute atomic E-state index is 0.0117. The summed E-state index contributed by atoms with van der Waals surface area (Å²) in [7, 11) is 0. The van der Waals surface area contributed by atoms with Crippen molar-refractivity contribution in [2.75, 3.05) is 6.26 Å². The molecule has 8 heteroatoms. The summed E-state index contributed by atoms with van der Waals surface area (Å²) in [6.07, 6.45) is 11.7. The minimum atomic E-state index is -1.03. The van der Waals surface area contributed by atoms with E-state index in [9.17, 15) is 14.3 Å². The number of aliphatic hydroxyl groups is 1. The van der Waals surface area contributed by atoms with Gasteiger partial charge in [-0.1, -0.05) is 31.2 Å². The highest BCUT2D eigenvalue weighted by molar-refractivity contribution is 8.13. The van der Waals surface area contributed by atoms with Gasteiger partial charge in [-0.2, -0.15) is 5.10 Å². The maximum absolute atomic E-state index is 13.6. The molecular weight excluding hydrogens is 527 g/mol. The number of aromatic nitrogens is 2. The summed E-state index contributed by atoms with van der Waals surface area (Å²) in [4.78, 5) is 13.6. The molecule has 0 bridgehead atoms. The summed E-state index contributed by atoms with van der Waals surface area (Å²) in [5.41, 5.74) is 2.64. The zero-order chi connectivity index (χ0) is 27.9. The minimum Gasteiger partial charge on any atom is -0.449 e. The van der Waals surface area contributed by atoms with Crippen LogP contribution in [-0.4, -0.2) is 38.0 Å². The van der Waals surface area contributed by atoms with Crippen molar-refractivity contribution in [2.24, 2.45) is 28.6 Å². The van der Waals surface area contributed by atoms with Crippen LogP contribution in [0, 0.1) is 34.4 Å². The van der Waals surface area contributed by atoms with Crippen molar-refractivity contribution in [1.29, 1.82) is 0 Å². The monoisotopic (exact) mass is 562 g/mol. The molecule has 4 aliphatic carbocycles. The van der Waals surface area contributed by atoms with Crippen molar-refractivity contribution < 1.29 is 23.4 Å². The highest BCUT2D eigenvalue weighted by Crippen LogP contribution is 2.68. The van der Waals surface area contributed by atoms with Crippen LogP contribution in [0.4, 0.5) is 4.39 Å². The maximum Gasteiger partial charge on any atom is 0.285 e. The highest BCUT2D eigenvalue weighted by Gasteiger charge is 2.70. The van der Waals surface area contributed by atoms with Gasteiger partial charge in [0.1, 0.15) is 5.82 Å². The Bertz CT molecular complexity index is 1480. The van der Waals surface area contributed by atoms with Crippen LogP contribution in [0.2, 0.25) is 0 Å². The van der Waals surface area contributed by atoms with Crippen LogP contribution in [0.3, 0.4) is 0 Å². The van der Waals surface area contributed by atoms with Gasteiger partial charge in [-0.3, -0.25) is 4.79 Å². The second kappa shape index (κ2) is 9.08. The van der Waals surface area contributed by atoms with E-state index in [1.807, 2.05) is 17.1 Å². The number of aliphatic hydroxyl groups excluding tert-OH is 1. The fraction of sp³-hybridized carbons (Fsp3) is 0.500. The van der Waals surface area contributed by atoms with Crippen molar-refractivity contribution in [3.63, 3.8) is 0 Å². The predicted octanol–water partition coefficient (Wildman–Crippen LogP) is 6.46. The topological polar surface area (TPSA) is 77.5 Å². The van der Waals surface area contributed by atoms with E-state index in [-0.39, 0.29) is 34.1 Å². The number of nitrogens with zero attached hydrogens (tertiary/aromatic N) is 2. The first kappa shape index (κ1) is 26.1. The Hall–Kier alpha value is -2.84. The summed E-state index contributed by atoms with van der Waals surface area (Å²) in [5.74, 6) is 0.711. The average Bonchev–Trinajstić information content (AvgIpc) is 3.65. The van der Waals surface area contributed by atoms with Gasteiger partial charge < -0.3 is 14.3 Å². The quantitative estimate of drug-likeness (QED) is 0.393. The van der Waals surface area contributed by atoms with Crippen LogP contribution >= 0.6 is 11.8 Å². The molecule has 2 heterocycles. The molecule has 4 aliphatic rings.